The van der Waals surface area contributed by atoms with Crippen LogP contribution in [0.1, 0.15) is 44.9 Å². The standard InChI is InChI=1S/C24H34N6O4/c31-20(29-6-8-30(9-7-29)22-25-3-1-4-26-22)16-34-21(32)2-5-27-23(33)28-24-13-17-10-18(14-24)12-19(11-17)15-24/h1,3-4,17-19H,2,5-16H2,(H2,27,28,33). The number of aromatic nitrogens is 2. The van der Waals surface area contributed by atoms with Gasteiger partial charge in [0.15, 0.2) is 6.61 Å². The third-order valence-electron chi connectivity index (χ3n) is 7.86. The van der Waals surface area contributed by atoms with Crippen LogP contribution in [0.3, 0.4) is 0 Å². The van der Waals surface area contributed by atoms with E-state index in [-0.39, 0.29) is 37.0 Å². The molecular weight excluding hydrogens is 436 g/mol. The van der Waals surface area contributed by atoms with E-state index in [0.717, 1.165) is 37.0 Å². The zero-order chi connectivity index (χ0) is 23.5. The molecule has 1 saturated heterocycles. The van der Waals surface area contributed by atoms with E-state index in [9.17, 15) is 14.4 Å². The average Bonchev–Trinajstić information content (AvgIpc) is 2.82. The van der Waals surface area contributed by atoms with Crippen LogP contribution in [-0.2, 0) is 14.3 Å². The van der Waals surface area contributed by atoms with E-state index >= 15 is 0 Å². The van der Waals surface area contributed by atoms with Crippen LogP contribution < -0.4 is 15.5 Å². The van der Waals surface area contributed by atoms with Crippen LogP contribution in [0.5, 0.6) is 0 Å². The molecule has 5 fully saturated rings. The number of nitrogens with one attached hydrogen (secondary N) is 2. The van der Waals surface area contributed by atoms with E-state index in [0.29, 0.717) is 32.1 Å². The Hall–Kier alpha value is -2.91. The number of carbonyl (C=O) groups is 3. The second-order valence-corrected chi connectivity index (χ2v) is 10.4. The predicted octanol–water partition coefficient (Wildman–Crippen LogP) is 1.33. The molecule has 0 spiro atoms. The minimum Gasteiger partial charge on any atom is -0.456 e. The topological polar surface area (TPSA) is 117 Å². The maximum Gasteiger partial charge on any atom is 0.315 e. The lowest BCUT2D eigenvalue weighted by molar-refractivity contribution is -0.152. The second kappa shape index (κ2) is 9.76. The third-order valence-corrected chi connectivity index (χ3v) is 7.86. The number of esters is 1. The number of nitrogens with zero attached hydrogens (tertiary/aromatic N) is 4. The van der Waals surface area contributed by atoms with E-state index in [2.05, 4.69) is 20.6 Å². The van der Waals surface area contributed by atoms with E-state index in [1.807, 2.05) is 4.90 Å². The number of hydrogen-bond acceptors (Lipinski definition) is 7. The van der Waals surface area contributed by atoms with Gasteiger partial charge in [-0.15, -0.1) is 0 Å². The number of rotatable bonds is 7. The number of hydrogen-bond donors (Lipinski definition) is 2. The Kier molecular flexibility index (Phi) is 6.56. The van der Waals surface area contributed by atoms with Crippen molar-refractivity contribution in [3.63, 3.8) is 0 Å². The van der Waals surface area contributed by atoms with Gasteiger partial charge in [0, 0.05) is 50.7 Å². The van der Waals surface area contributed by atoms with Crippen molar-refractivity contribution < 1.29 is 19.1 Å². The van der Waals surface area contributed by atoms with Crippen LogP contribution >= 0.6 is 0 Å². The first-order valence-corrected chi connectivity index (χ1v) is 12.5. The third kappa shape index (κ3) is 5.26. The molecule has 0 unspecified atom stereocenters. The summed E-state index contributed by atoms with van der Waals surface area (Å²) < 4.78 is 5.14. The summed E-state index contributed by atoms with van der Waals surface area (Å²) in [4.78, 5) is 49.1. The number of amides is 3. The molecule has 4 aliphatic carbocycles. The van der Waals surface area contributed by atoms with Gasteiger partial charge in [-0.3, -0.25) is 9.59 Å². The molecule has 1 aromatic rings. The van der Waals surface area contributed by atoms with Crippen molar-refractivity contribution in [2.24, 2.45) is 17.8 Å². The molecule has 4 bridgehead atoms. The molecule has 4 saturated carbocycles. The van der Waals surface area contributed by atoms with E-state index in [1.54, 1.807) is 23.4 Å². The highest BCUT2D eigenvalue weighted by Gasteiger charge is 2.51. The van der Waals surface area contributed by atoms with Crippen molar-refractivity contribution in [3.05, 3.63) is 18.5 Å². The van der Waals surface area contributed by atoms with Gasteiger partial charge in [-0.05, 0) is 62.3 Å². The van der Waals surface area contributed by atoms with Gasteiger partial charge in [-0.2, -0.15) is 0 Å². The van der Waals surface area contributed by atoms with Crippen LogP contribution in [0.4, 0.5) is 10.7 Å². The zero-order valence-electron chi connectivity index (χ0n) is 19.6. The lowest BCUT2D eigenvalue weighted by Crippen LogP contribution is -2.61. The van der Waals surface area contributed by atoms with Gasteiger partial charge in [-0.25, -0.2) is 14.8 Å². The van der Waals surface area contributed by atoms with E-state index < -0.39 is 5.97 Å². The van der Waals surface area contributed by atoms with Crippen molar-refractivity contribution in [3.8, 4) is 0 Å². The first kappa shape index (κ1) is 22.9. The molecule has 10 heteroatoms. The van der Waals surface area contributed by atoms with Crippen LogP contribution in [-0.4, -0.2) is 77.6 Å². The highest BCUT2D eigenvalue weighted by molar-refractivity contribution is 5.81. The van der Waals surface area contributed by atoms with Crippen molar-refractivity contribution >= 4 is 23.9 Å². The van der Waals surface area contributed by atoms with Crippen molar-refractivity contribution in [1.82, 2.24) is 25.5 Å². The molecule has 0 radical (unpaired) electrons. The highest BCUT2D eigenvalue weighted by Crippen LogP contribution is 2.55. The minimum atomic E-state index is -0.486. The summed E-state index contributed by atoms with van der Waals surface area (Å²) in [6.45, 7) is 2.24. The zero-order valence-corrected chi connectivity index (χ0v) is 19.6. The lowest BCUT2D eigenvalue weighted by atomic mass is 9.53. The first-order valence-electron chi connectivity index (χ1n) is 12.5. The molecule has 2 heterocycles. The van der Waals surface area contributed by atoms with Crippen LogP contribution in [0.2, 0.25) is 0 Å². The van der Waals surface area contributed by atoms with Crippen molar-refractivity contribution in [1.29, 1.82) is 0 Å². The fraction of sp³-hybridized carbons (Fsp3) is 0.708. The Balaban J connectivity index is 0.969. The van der Waals surface area contributed by atoms with Gasteiger partial charge in [0.25, 0.3) is 5.91 Å². The average molecular weight is 471 g/mol. The normalized spacial score (nSPS) is 29.6. The smallest absolute Gasteiger partial charge is 0.315 e. The Morgan fingerprint density at radius 3 is 2.21 bits per heavy atom. The lowest BCUT2D eigenvalue weighted by Gasteiger charge is -2.56. The number of anilines is 1. The number of ether oxygens (including phenoxy) is 1. The summed E-state index contributed by atoms with van der Waals surface area (Å²) in [5.41, 5.74) is -0.0532. The van der Waals surface area contributed by atoms with E-state index in [4.69, 9.17) is 4.74 Å². The molecule has 184 valence electrons. The molecule has 0 aromatic carbocycles. The Morgan fingerprint density at radius 2 is 1.59 bits per heavy atom. The molecule has 3 amide bonds. The fourth-order valence-electron chi connectivity index (χ4n) is 6.74. The number of urea groups is 1. The van der Waals surface area contributed by atoms with Gasteiger partial charge in [0.1, 0.15) is 0 Å². The SMILES string of the molecule is O=C(NCCC(=O)OCC(=O)N1CCN(c2ncccn2)CC1)NC12CC3CC(CC(C3)C1)C2. The molecule has 0 atom stereocenters. The Bertz CT molecular complexity index is 867. The minimum absolute atomic E-state index is 0.0424. The van der Waals surface area contributed by atoms with Gasteiger partial charge in [-0.1, -0.05) is 0 Å². The van der Waals surface area contributed by atoms with Gasteiger partial charge in [0.2, 0.25) is 5.95 Å². The molecule has 5 aliphatic rings. The maximum absolute atomic E-state index is 12.5. The molecule has 10 nitrogen and oxygen atoms in total. The van der Waals surface area contributed by atoms with Crippen molar-refractivity contribution in [2.75, 3.05) is 44.2 Å². The quantitative estimate of drug-likeness (QED) is 0.578. The second-order valence-electron chi connectivity index (χ2n) is 10.4. The molecule has 1 aliphatic heterocycles. The Morgan fingerprint density at radius 1 is 0.971 bits per heavy atom. The number of piperazine rings is 1. The number of carbonyl (C=O) groups excluding carboxylic acids is 3. The van der Waals surface area contributed by atoms with E-state index in [1.165, 1.54) is 19.3 Å². The fourth-order valence-corrected chi connectivity index (χ4v) is 6.74. The van der Waals surface area contributed by atoms with Gasteiger partial charge in [0.05, 0.1) is 6.42 Å². The summed E-state index contributed by atoms with van der Waals surface area (Å²) in [5.74, 6) is 2.23. The molecule has 6 rings (SSSR count). The monoisotopic (exact) mass is 470 g/mol. The molecular formula is C24H34N6O4. The maximum atomic E-state index is 12.5. The molecule has 2 N–H and O–H groups in total. The predicted molar refractivity (Wildman–Crippen MR) is 124 cm³/mol. The van der Waals surface area contributed by atoms with Gasteiger partial charge < -0.3 is 25.2 Å². The Labute approximate surface area is 199 Å². The summed E-state index contributed by atoms with van der Waals surface area (Å²) in [7, 11) is 0. The molecule has 34 heavy (non-hydrogen) atoms. The highest BCUT2D eigenvalue weighted by atomic mass is 16.5. The summed E-state index contributed by atoms with van der Waals surface area (Å²) in [6, 6.07) is 1.56. The summed E-state index contributed by atoms with van der Waals surface area (Å²) in [5, 5.41) is 6.03. The summed E-state index contributed by atoms with van der Waals surface area (Å²) >= 11 is 0. The largest absolute Gasteiger partial charge is 0.456 e. The van der Waals surface area contributed by atoms with Crippen LogP contribution in [0, 0.1) is 17.8 Å². The van der Waals surface area contributed by atoms with Gasteiger partial charge >= 0.3 is 12.0 Å². The van der Waals surface area contributed by atoms with Crippen molar-refractivity contribution in [2.45, 2.75) is 50.5 Å². The summed E-state index contributed by atoms with van der Waals surface area (Å²) in [6.07, 6.45) is 10.7. The molecule has 1 aromatic heterocycles. The van der Waals surface area contributed by atoms with Crippen LogP contribution in [0.25, 0.3) is 0 Å². The van der Waals surface area contributed by atoms with Crippen LogP contribution in [0.15, 0.2) is 18.5 Å². The first-order chi connectivity index (χ1) is 16.5.